The van der Waals surface area contributed by atoms with Crippen LogP contribution in [0.3, 0.4) is 0 Å². The SMILES string of the molecule is CCCc1nc2ccc(Br)cc2c(=O)n1N=Cc1c(OCC(C)(C)C)ccc2ccccc12. The lowest BCUT2D eigenvalue weighted by Crippen LogP contribution is -2.22. The Kier molecular flexibility index (Phi) is 6.66. The first-order valence-corrected chi connectivity index (χ1v) is 12.0. The monoisotopic (exact) mass is 505 g/mol. The van der Waals surface area contributed by atoms with Crippen molar-refractivity contribution in [2.75, 3.05) is 6.61 Å². The lowest BCUT2D eigenvalue weighted by molar-refractivity contribution is 0.198. The van der Waals surface area contributed by atoms with E-state index in [0.29, 0.717) is 29.8 Å². The molecule has 4 aromatic rings. The third-order valence-electron chi connectivity index (χ3n) is 5.24. The number of fused-ring (bicyclic) bond motifs is 2. The Morgan fingerprint density at radius 1 is 1.09 bits per heavy atom. The fraction of sp³-hybridized carbons (Fsp3) is 0.296. The van der Waals surface area contributed by atoms with Gasteiger partial charge in [0.1, 0.15) is 11.6 Å². The van der Waals surface area contributed by atoms with E-state index in [1.807, 2.05) is 36.4 Å². The molecule has 4 rings (SSSR count). The highest BCUT2D eigenvalue weighted by atomic mass is 79.9. The van der Waals surface area contributed by atoms with Crippen molar-refractivity contribution in [1.82, 2.24) is 9.66 Å². The van der Waals surface area contributed by atoms with Gasteiger partial charge in [-0.3, -0.25) is 4.79 Å². The minimum Gasteiger partial charge on any atom is -0.492 e. The molecule has 33 heavy (non-hydrogen) atoms. The van der Waals surface area contributed by atoms with Crippen molar-refractivity contribution in [3.05, 3.63) is 80.8 Å². The largest absolute Gasteiger partial charge is 0.492 e. The van der Waals surface area contributed by atoms with E-state index in [1.54, 1.807) is 12.3 Å². The normalized spacial score (nSPS) is 12.2. The Balaban J connectivity index is 1.88. The molecular weight excluding hydrogens is 478 g/mol. The van der Waals surface area contributed by atoms with E-state index in [2.05, 4.69) is 60.9 Å². The number of nitrogens with zero attached hydrogens (tertiary/aromatic N) is 3. The molecule has 0 spiro atoms. The third-order valence-corrected chi connectivity index (χ3v) is 5.74. The van der Waals surface area contributed by atoms with E-state index in [1.165, 1.54) is 4.68 Å². The molecule has 0 unspecified atom stereocenters. The maximum atomic E-state index is 13.4. The van der Waals surface area contributed by atoms with Gasteiger partial charge in [-0.05, 0) is 46.9 Å². The summed E-state index contributed by atoms with van der Waals surface area (Å²) in [7, 11) is 0. The maximum absolute atomic E-state index is 13.4. The molecule has 0 bridgehead atoms. The Morgan fingerprint density at radius 2 is 1.88 bits per heavy atom. The van der Waals surface area contributed by atoms with Crippen molar-refractivity contribution >= 4 is 43.8 Å². The maximum Gasteiger partial charge on any atom is 0.282 e. The molecule has 0 aliphatic carbocycles. The van der Waals surface area contributed by atoms with E-state index < -0.39 is 0 Å². The zero-order valence-corrected chi connectivity index (χ0v) is 21.0. The second-order valence-electron chi connectivity index (χ2n) is 9.35. The summed E-state index contributed by atoms with van der Waals surface area (Å²) in [4.78, 5) is 18.1. The minimum absolute atomic E-state index is 0.0148. The third kappa shape index (κ3) is 5.17. The molecule has 5 nitrogen and oxygen atoms in total. The summed E-state index contributed by atoms with van der Waals surface area (Å²) < 4.78 is 8.45. The number of benzene rings is 3. The van der Waals surface area contributed by atoms with Gasteiger partial charge in [0.15, 0.2) is 0 Å². The molecule has 0 N–H and O–H groups in total. The van der Waals surface area contributed by atoms with E-state index >= 15 is 0 Å². The zero-order chi connectivity index (χ0) is 23.6. The first kappa shape index (κ1) is 23.2. The molecule has 0 aliphatic heterocycles. The summed E-state index contributed by atoms with van der Waals surface area (Å²) in [5.41, 5.74) is 1.36. The average Bonchev–Trinajstić information content (AvgIpc) is 2.78. The van der Waals surface area contributed by atoms with Crippen LogP contribution in [0, 0.1) is 5.41 Å². The van der Waals surface area contributed by atoms with Gasteiger partial charge in [-0.2, -0.15) is 9.78 Å². The number of rotatable bonds is 6. The summed E-state index contributed by atoms with van der Waals surface area (Å²) in [5, 5.41) is 7.29. The van der Waals surface area contributed by atoms with Crippen LogP contribution in [0.15, 0.2) is 69.0 Å². The minimum atomic E-state index is -0.182. The summed E-state index contributed by atoms with van der Waals surface area (Å²) >= 11 is 3.46. The van der Waals surface area contributed by atoms with Crippen molar-refractivity contribution < 1.29 is 4.74 Å². The number of halogens is 1. The molecule has 0 atom stereocenters. The Bertz CT molecular complexity index is 1400. The Morgan fingerprint density at radius 3 is 2.64 bits per heavy atom. The molecule has 0 saturated carbocycles. The highest BCUT2D eigenvalue weighted by Crippen LogP contribution is 2.28. The molecule has 0 aliphatic rings. The number of hydrogen-bond donors (Lipinski definition) is 0. The van der Waals surface area contributed by atoms with Crippen molar-refractivity contribution in [1.29, 1.82) is 0 Å². The standard InChI is InChI=1S/C27H28BrN3O2/c1-5-8-25-30-23-13-12-19(28)15-21(23)26(32)31(25)29-16-22-20-10-7-6-9-18(20)11-14-24(22)33-17-27(2,3)4/h6-7,9-16H,5,8,17H2,1-4H3. The van der Waals surface area contributed by atoms with Crippen LogP contribution in [0.4, 0.5) is 0 Å². The number of aryl methyl sites for hydroxylation is 1. The second kappa shape index (κ2) is 9.48. The summed E-state index contributed by atoms with van der Waals surface area (Å²) in [6.07, 6.45) is 3.24. The summed E-state index contributed by atoms with van der Waals surface area (Å²) in [6.45, 7) is 9.04. The van der Waals surface area contributed by atoms with E-state index in [9.17, 15) is 4.79 Å². The van der Waals surface area contributed by atoms with Gasteiger partial charge in [0.25, 0.3) is 5.56 Å². The van der Waals surface area contributed by atoms with Gasteiger partial charge in [0, 0.05) is 16.5 Å². The van der Waals surface area contributed by atoms with Crippen LogP contribution in [0.5, 0.6) is 5.75 Å². The van der Waals surface area contributed by atoms with Crippen molar-refractivity contribution in [3.63, 3.8) is 0 Å². The van der Waals surface area contributed by atoms with Crippen LogP contribution in [-0.4, -0.2) is 22.5 Å². The lowest BCUT2D eigenvalue weighted by Gasteiger charge is -2.20. The molecular formula is C27H28BrN3O2. The molecule has 1 heterocycles. The van der Waals surface area contributed by atoms with Crippen LogP contribution in [0.2, 0.25) is 0 Å². The lowest BCUT2D eigenvalue weighted by atomic mass is 9.98. The fourth-order valence-electron chi connectivity index (χ4n) is 3.64. The predicted octanol–water partition coefficient (Wildman–Crippen LogP) is 6.57. The van der Waals surface area contributed by atoms with E-state index in [0.717, 1.165) is 33.0 Å². The van der Waals surface area contributed by atoms with Gasteiger partial charge >= 0.3 is 0 Å². The number of aromatic nitrogens is 2. The van der Waals surface area contributed by atoms with Crippen LogP contribution in [-0.2, 0) is 6.42 Å². The molecule has 0 fully saturated rings. The Labute approximate surface area is 202 Å². The molecule has 6 heteroatoms. The van der Waals surface area contributed by atoms with Crippen molar-refractivity contribution in [2.24, 2.45) is 10.5 Å². The van der Waals surface area contributed by atoms with Crippen LogP contribution in [0.25, 0.3) is 21.7 Å². The Hall–Kier alpha value is -2.99. The van der Waals surface area contributed by atoms with Crippen molar-refractivity contribution in [3.8, 4) is 5.75 Å². The summed E-state index contributed by atoms with van der Waals surface area (Å²) in [6, 6.07) is 17.7. The smallest absolute Gasteiger partial charge is 0.282 e. The second-order valence-corrected chi connectivity index (χ2v) is 10.3. The first-order chi connectivity index (χ1) is 15.8. The number of ether oxygens (including phenoxy) is 1. The van der Waals surface area contributed by atoms with Gasteiger partial charge in [0.2, 0.25) is 0 Å². The topological polar surface area (TPSA) is 56.5 Å². The molecule has 0 radical (unpaired) electrons. The van der Waals surface area contributed by atoms with Gasteiger partial charge < -0.3 is 4.74 Å². The summed E-state index contributed by atoms with van der Waals surface area (Å²) in [5.74, 6) is 1.39. The quantitative estimate of drug-likeness (QED) is 0.278. The van der Waals surface area contributed by atoms with E-state index in [4.69, 9.17) is 9.72 Å². The molecule has 170 valence electrons. The highest BCUT2D eigenvalue weighted by Gasteiger charge is 2.15. The molecule has 3 aromatic carbocycles. The molecule has 1 aromatic heterocycles. The van der Waals surface area contributed by atoms with E-state index in [-0.39, 0.29) is 11.0 Å². The predicted molar refractivity (Wildman–Crippen MR) is 140 cm³/mol. The van der Waals surface area contributed by atoms with Crippen LogP contribution < -0.4 is 10.3 Å². The van der Waals surface area contributed by atoms with Gasteiger partial charge in [-0.15, -0.1) is 0 Å². The molecule has 0 saturated heterocycles. The van der Waals surface area contributed by atoms with Crippen LogP contribution >= 0.6 is 15.9 Å². The van der Waals surface area contributed by atoms with Gasteiger partial charge in [0.05, 0.1) is 23.7 Å². The van der Waals surface area contributed by atoms with Gasteiger partial charge in [-0.25, -0.2) is 4.98 Å². The first-order valence-electron chi connectivity index (χ1n) is 11.2. The van der Waals surface area contributed by atoms with Crippen LogP contribution in [0.1, 0.15) is 45.5 Å². The van der Waals surface area contributed by atoms with Crippen molar-refractivity contribution in [2.45, 2.75) is 40.5 Å². The average molecular weight is 506 g/mol. The fourth-order valence-corrected chi connectivity index (χ4v) is 4.00. The molecule has 0 amide bonds. The van der Waals surface area contributed by atoms with Gasteiger partial charge in [-0.1, -0.05) is 74.0 Å². The highest BCUT2D eigenvalue weighted by molar-refractivity contribution is 9.10. The number of hydrogen-bond acceptors (Lipinski definition) is 4. The zero-order valence-electron chi connectivity index (χ0n) is 19.4.